The van der Waals surface area contributed by atoms with Crippen LogP contribution in [0, 0.1) is 6.92 Å². The van der Waals surface area contributed by atoms with E-state index < -0.39 is 5.97 Å². The smallest absolute Gasteiger partial charge is 0.343 e. The molecule has 122 valence electrons. The molecule has 0 fully saturated rings. The first-order chi connectivity index (χ1) is 11.5. The molecule has 1 aromatic carbocycles. The van der Waals surface area contributed by atoms with Crippen LogP contribution < -0.4 is 4.90 Å². The summed E-state index contributed by atoms with van der Waals surface area (Å²) in [7, 11) is 1.26. The maximum atomic E-state index is 12.8. The van der Waals surface area contributed by atoms with E-state index in [-0.39, 0.29) is 11.4 Å². The van der Waals surface area contributed by atoms with Gasteiger partial charge in [0.05, 0.1) is 19.1 Å². The van der Waals surface area contributed by atoms with Crippen molar-refractivity contribution in [1.29, 1.82) is 0 Å². The van der Waals surface area contributed by atoms with E-state index in [2.05, 4.69) is 0 Å². The number of nitrogens with zero attached hydrogens (tertiary/aromatic N) is 1. The fraction of sp³-hybridized carbons (Fsp3) is 0.158. The van der Waals surface area contributed by atoms with Crippen molar-refractivity contribution in [3.63, 3.8) is 0 Å². The van der Waals surface area contributed by atoms with Crippen LogP contribution in [0.2, 0.25) is 0 Å². The van der Waals surface area contributed by atoms with Crippen molar-refractivity contribution in [2.24, 2.45) is 0 Å². The minimum atomic E-state index is -0.641. The number of benzene rings is 1. The van der Waals surface area contributed by atoms with Crippen LogP contribution in [-0.4, -0.2) is 18.9 Å². The molecule has 5 heteroatoms. The van der Waals surface area contributed by atoms with E-state index in [1.165, 1.54) is 13.4 Å². The standard InChI is InChI=1S/C19H17NO4/c1-12-6-8-14(9-7-12)20-13(2)17(19(22)23-3)18(21)16(20)11-15-5-4-10-24-15/h4-11H,1-3H3/b16-11+. The van der Waals surface area contributed by atoms with Gasteiger partial charge < -0.3 is 14.1 Å². The Morgan fingerprint density at radius 3 is 2.46 bits per heavy atom. The second kappa shape index (κ2) is 6.20. The zero-order chi connectivity index (χ0) is 17.3. The molecule has 0 atom stereocenters. The van der Waals surface area contributed by atoms with Gasteiger partial charge in [-0.05, 0) is 38.1 Å². The van der Waals surface area contributed by atoms with Crippen molar-refractivity contribution in [2.75, 3.05) is 12.0 Å². The van der Waals surface area contributed by atoms with Gasteiger partial charge in [-0.2, -0.15) is 0 Å². The molecule has 1 aliphatic heterocycles. The van der Waals surface area contributed by atoms with Crippen LogP contribution in [0.25, 0.3) is 6.08 Å². The monoisotopic (exact) mass is 323 g/mol. The highest BCUT2D eigenvalue weighted by molar-refractivity contribution is 6.30. The normalized spacial score (nSPS) is 16.2. The predicted molar refractivity (Wildman–Crippen MR) is 90.1 cm³/mol. The number of carbonyl (C=O) groups is 2. The van der Waals surface area contributed by atoms with Crippen molar-refractivity contribution in [1.82, 2.24) is 0 Å². The Bertz CT molecular complexity index is 842. The number of ether oxygens (including phenoxy) is 1. The lowest BCUT2D eigenvalue weighted by Crippen LogP contribution is -2.18. The van der Waals surface area contributed by atoms with E-state index in [1.54, 1.807) is 30.0 Å². The van der Waals surface area contributed by atoms with E-state index in [1.807, 2.05) is 31.2 Å². The minimum absolute atomic E-state index is 0.0379. The van der Waals surface area contributed by atoms with Crippen molar-refractivity contribution in [3.05, 3.63) is 71.0 Å². The molecule has 0 saturated carbocycles. The summed E-state index contributed by atoms with van der Waals surface area (Å²) in [6, 6.07) is 11.2. The molecule has 24 heavy (non-hydrogen) atoms. The first-order valence-electron chi connectivity index (χ1n) is 7.49. The molecular weight excluding hydrogens is 306 g/mol. The van der Waals surface area contributed by atoms with E-state index in [9.17, 15) is 9.59 Å². The Morgan fingerprint density at radius 1 is 1.17 bits per heavy atom. The van der Waals surface area contributed by atoms with Gasteiger partial charge in [-0.15, -0.1) is 0 Å². The largest absolute Gasteiger partial charge is 0.465 e. The van der Waals surface area contributed by atoms with Crippen molar-refractivity contribution < 1.29 is 18.7 Å². The molecule has 2 aromatic rings. The van der Waals surface area contributed by atoms with Crippen LogP contribution >= 0.6 is 0 Å². The molecule has 0 unspecified atom stereocenters. The Kier molecular flexibility index (Phi) is 4.08. The van der Waals surface area contributed by atoms with Gasteiger partial charge in [0, 0.05) is 17.5 Å². The van der Waals surface area contributed by atoms with Crippen molar-refractivity contribution in [2.45, 2.75) is 13.8 Å². The van der Waals surface area contributed by atoms with Gasteiger partial charge in [-0.3, -0.25) is 4.79 Å². The third-order valence-electron chi connectivity index (χ3n) is 3.90. The average molecular weight is 323 g/mol. The first kappa shape index (κ1) is 15.8. The molecule has 2 heterocycles. The Labute approximate surface area is 139 Å². The summed E-state index contributed by atoms with van der Waals surface area (Å²) in [6.45, 7) is 3.72. The number of ketones is 1. The number of esters is 1. The first-order valence-corrected chi connectivity index (χ1v) is 7.49. The van der Waals surface area contributed by atoms with Crippen LogP contribution in [0.4, 0.5) is 5.69 Å². The third kappa shape index (κ3) is 2.65. The van der Waals surface area contributed by atoms with E-state index in [4.69, 9.17) is 9.15 Å². The number of Topliss-reactive ketones (excluding diaryl/α,β-unsaturated/α-hetero) is 1. The lowest BCUT2D eigenvalue weighted by molar-refractivity contribution is -0.137. The summed E-state index contributed by atoms with van der Waals surface area (Å²) in [5, 5.41) is 0. The van der Waals surface area contributed by atoms with Crippen LogP contribution in [0.3, 0.4) is 0 Å². The quantitative estimate of drug-likeness (QED) is 0.492. The van der Waals surface area contributed by atoms with Crippen LogP contribution in [0.15, 0.2) is 64.0 Å². The summed E-state index contributed by atoms with van der Waals surface area (Å²) in [6.07, 6.45) is 3.16. The third-order valence-corrected chi connectivity index (χ3v) is 3.90. The number of hydrogen-bond donors (Lipinski definition) is 0. The molecular formula is C19H17NO4. The Balaban J connectivity index is 2.15. The zero-order valence-electron chi connectivity index (χ0n) is 13.7. The lowest BCUT2D eigenvalue weighted by atomic mass is 10.1. The second-order valence-electron chi connectivity index (χ2n) is 5.50. The maximum Gasteiger partial charge on any atom is 0.343 e. The van der Waals surface area contributed by atoms with Crippen LogP contribution in [0.5, 0.6) is 0 Å². The number of carbonyl (C=O) groups excluding carboxylic acids is 2. The Morgan fingerprint density at radius 2 is 1.88 bits per heavy atom. The van der Waals surface area contributed by atoms with E-state index in [0.717, 1.165) is 11.3 Å². The SMILES string of the molecule is COC(=O)C1=C(C)N(c2ccc(C)cc2)/C(=C/c2ccco2)C1=O. The molecule has 3 rings (SSSR count). The highest BCUT2D eigenvalue weighted by atomic mass is 16.5. The number of rotatable bonds is 3. The highest BCUT2D eigenvalue weighted by Crippen LogP contribution is 2.35. The van der Waals surface area contributed by atoms with Gasteiger partial charge in [0.2, 0.25) is 5.78 Å². The van der Waals surface area contributed by atoms with Gasteiger partial charge in [-0.25, -0.2) is 4.79 Å². The summed E-state index contributed by atoms with van der Waals surface area (Å²) < 4.78 is 10.1. The summed E-state index contributed by atoms with van der Waals surface area (Å²) in [5.41, 5.74) is 2.83. The summed E-state index contributed by atoms with van der Waals surface area (Å²) >= 11 is 0. The molecule has 0 N–H and O–H groups in total. The molecule has 0 bridgehead atoms. The zero-order valence-corrected chi connectivity index (χ0v) is 13.7. The molecule has 1 aliphatic rings. The predicted octanol–water partition coefficient (Wildman–Crippen LogP) is 3.47. The Hall–Kier alpha value is -3.08. The molecule has 1 aromatic heterocycles. The molecule has 0 aliphatic carbocycles. The number of anilines is 1. The van der Waals surface area contributed by atoms with Crippen LogP contribution in [-0.2, 0) is 14.3 Å². The lowest BCUT2D eigenvalue weighted by Gasteiger charge is -2.21. The number of methoxy groups -OCH3 is 1. The molecule has 0 amide bonds. The van der Waals surface area contributed by atoms with Gasteiger partial charge in [0.15, 0.2) is 0 Å². The van der Waals surface area contributed by atoms with Gasteiger partial charge >= 0.3 is 5.97 Å². The molecule has 0 radical (unpaired) electrons. The number of hydrogen-bond acceptors (Lipinski definition) is 5. The van der Waals surface area contributed by atoms with Crippen LogP contribution in [0.1, 0.15) is 18.2 Å². The fourth-order valence-corrected chi connectivity index (χ4v) is 2.69. The van der Waals surface area contributed by atoms with Crippen molar-refractivity contribution in [3.8, 4) is 0 Å². The van der Waals surface area contributed by atoms with Gasteiger partial charge in [-0.1, -0.05) is 17.7 Å². The molecule has 0 saturated heterocycles. The van der Waals surface area contributed by atoms with E-state index >= 15 is 0 Å². The summed E-state index contributed by atoms with van der Waals surface area (Å²) in [4.78, 5) is 26.6. The highest BCUT2D eigenvalue weighted by Gasteiger charge is 2.38. The number of furan rings is 1. The fourth-order valence-electron chi connectivity index (χ4n) is 2.69. The van der Waals surface area contributed by atoms with Gasteiger partial charge in [0.1, 0.15) is 11.3 Å². The topological polar surface area (TPSA) is 59.8 Å². The maximum absolute atomic E-state index is 12.8. The number of aryl methyl sites for hydroxylation is 1. The minimum Gasteiger partial charge on any atom is -0.465 e. The molecule has 0 spiro atoms. The number of allylic oxidation sites excluding steroid dienone is 2. The van der Waals surface area contributed by atoms with E-state index in [0.29, 0.717) is 17.2 Å². The molecule has 5 nitrogen and oxygen atoms in total. The second-order valence-corrected chi connectivity index (χ2v) is 5.50. The van der Waals surface area contributed by atoms with Crippen molar-refractivity contribution >= 4 is 23.5 Å². The average Bonchev–Trinajstić information content (AvgIpc) is 3.16. The van der Waals surface area contributed by atoms with Gasteiger partial charge in [0.25, 0.3) is 0 Å². The summed E-state index contributed by atoms with van der Waals surface area (Å²) in [5.74, 6) is -0.483.